The predicted molar refractivity (Wildman–Crippen MR) is 201 cm³/mol. The second kappa shape index (κ2) is 10.0. The molecule has 2 aliphatic rings. The highest BCUT2D eigenvalue weighted by atomic mass is 16.5. The first-order valence-electron chi connectivity index (χ1n) is 18.4. The SMILES string of the molecule is [2H]c1c([2H])c(-c2ccc3c4c(cccc24)-c2ccc(-c4ccccc4)cc2O3)c([2H])c([2H])c1-c1ccc2c(c1)C(C)(C)c1cc3ccccc3cc1-2. The fourth-order valence-corrected chi connectivity index (χ4v) is 7.83. The third-order valence-electron chi connectivity index (χ3n) is 10.3. The standard InChI is InChI=1S/C47H32O/c1-47(2)42-27-34(19-21-37(42)41-25-32-11-6-7-12-33(32)26-43(41)47)30-15-17-31(18-16-30)36-23-24-44-46-39(36)13-8-14-40(46)38-22-20-35(28-45(38)48-44)29-9-4-3-5-10-29/h3-28H,1-2H3/i15D,16D,17D,18D. The Kier molecular flexibility index (Phi) is 4.90. The van der Waals surface area contributed by atoms with Crippen molar-refractivity contribution < 1.29 is 10.2 Å². The van der Waals surface area contributed by atoms with E-state index in [1.807, 2.05) is 48.5 Å². The molecule has 1 heterocycles. The average Bonchev–Trinajstić information content (AvgIpc) is 3.38. The molecule has 1 nitrogen and oxygen atoms in total. The van der Waals surface area contributed by atoms with Crippen molar-refractivity contribution in [3.05, 3.63) is 169 Å². The van der Waals surface area contributed by atoms with Crippen LogP contribution in [0.15, 0.2) is 158 Å². The van der Waals surface area contributed by atoms with Gasteiger partial charge in [0.1, 0.15) is 11.5 Å². The monoisotopic (exact) mass is 616 g/mol. The van der Waals surface area contributed by atoms with Gasteiger partial charge < -0.3 is 4.74 Å². The first-order valence-corrected chi connectivity index (χ1v) is 16.4. The van der Waals surface area contributed by atoms with Gasteiger partial charge in [0.15, 0.2) is 0 Å². The third-order valence-corrected chi connectivity index (χ3v) is 10.3. The van der Waals surface area contributed by atoms with Gasteiger partial charge in [0.25, 0.3) is 0 Å². The molecule has 0 saturated carbocycles. The molecule has 0 radical (unpaired) electrons. The minimum atomic E-state index is -0.296. The highest BCUT2D eigenvalue weighted by Crippen LogP contribution is 2.52. The summed E-state index contributed by atoms with van der Waals surface area (Å²) in [6.07, 6.45) is 0. The molecule has 10 rings (SSSR count). The number of hydrogen-bond donors (Lipinski definition) is 0. The molecule has 0 N–H and O–H groups in total. The van der Waals surface area contributed by atoms with E-state index >= 15 is 0 Å². The Hall–Kier alpha value is -5.92. The molecule has 1 aliphatic carbocycles. The van der Waals surface area contributed by atoms with E-state index in [1.165, 1.54) is 21.9 Å². The van der Waals surface area contributed by atoms with Crippen LogP contribution < -0.4 is 4.74 Å². The number of fused-ring (bicyclic) bond motifs is 6. The van der Waals surface area contributed by atoms with Gasteiger partial charge in [0.05, 0.1) is 5.48 Å². The van der Waals surface area contributed by atoms with Crippen LogP contribution in [0.1, 0.15) is 30.5 Å². The number of ether oxygens (including phenoxy) is 1. The lowest BCUT2D eigenvalue weighted by atomic mass is 9.81. The predicted octanol–water partition coefficient (Wildman–Crippen LogP) is 13.1. The van der Waals surface area contributed by atoms with E-state index in [4.69, 9.17) is 4.74 Å². The van der Waals surface area contributed by atoms with Crippen LogP contribution in [0.2, 0.25) is 0 Å². The molecule has 0 aromatic heterocycles. The smallest absolute Gasteiger partial charge is 0.135 e. The lowest BCUT2D eigenvalue weighted by molar-refractivity contribution is 0.487. The molecule has 8 aromatic carbocycles. The molecule has 0 bridgehead atoms. The maximum atomic E-state index is 9.32. The van der Waals surface area contributed by atoms with Crippen LogP contribution in [-0.2, 0) is 5.41 Å². The van der Waals surface area contributed by atoms with E-state index < -0.39 is 0 Å². The largest absolute Gasteiger partial charge is 0.456 e. The van der Waals surface area contributed by atoms with Crippen LogP contribution in [0, 0.1) is 0 Å². The fourth-order valence-electron chi connectivity index (χ4n) is 7.83. The van der Waals surface area contributed by atoms with Crippen molar-refractivity contribution in [1.82, 2.24) is 0 Å². The van der Waals surface area contributed by atoms with Crippen LogP contribution in [-0.4, -0.2) is 0 Å². The number of rotatable bonds is 3. The average molecular weight is 617 g/mol. The Bertz CT molecular complexity index is 2810. The number of hydrogen-bond acceptors (Lipinski definition) is 1. The van der Waals surface area contributed by atoms with Crippen molar-refractivity contribution in [2.45, 2.75) is 19.3 Å². The van der Waals surface area contributed by atoms with E-state index in [2.05, 4.69) is 98.8 Å². The van der Waals surface area contributed by atoms with Crippen LogP contribution in [0.3, 0.4) is 0 Å². The Morgan fingerprint density at radius 3 is 1.92 bits per heavy atom. The van der Waals surface area contributed by atoms with Gasteiger partial charge in [-0.25, -0.2) is 0 Å². The quantitative estimate of drug-likeness (QED) is 0.192. The molecule has 0 amide bonds. The molecule has 226 valence electrons. The molecule has 0 saturated heterocycles. The third kappa shape index (κ3) is 3.98. The Balaban J connectivity index is 1.10. The van der Waals surface area contributed by atoms with E-state index in [9.17, 15) is 5.48 Å². The van der Waals surface area contributed by atoms with E-state index in [1.54, 1.807) is 0 Å². The first-order chi connectivity index (χ1) is 25.2. The summed E-state index contributed by atoms with van der Waals surface area (Å²) < 4.78 is 43.8. The zero-order chi connectivity index (χ0) is 35.5. The van der Waals surface area contributed by atoms with Gasteiger partial charge in [0.2, 0.25) is 0 Å². The van der Waals surface area contributed by atoms with Crippen molar-refractivity contribution in [2.24, 2.45) is 0 Å². The second-order valence-electron chi connectivity index (χ2n) is 13.4. The summed E-state index contributed by atoms with van der Waals surface area (Å²) in [4.78, 5) is 0. The summed E-state index contributed by atoms with van der Waals surface area (Å²) >= 11 is 0. The van der Waals surface area contributed by atoms with E-state index in [0.29, 0.717) is 22.4 Å². The zero-order valence-corrected chi connectivity index (χ0v) is 26.6. The van der Waals surface area contributed by atoms with E-state index in [0.717, 1.165) is 49.9 Å². The Labute approximate surface area is 286 Å². The molecule has 0 fully saturated rings. The fraction of sp³-hybridized carbons (Fsp3) is 0.0638. The molecule has 0 spiro atoms. The minimum Gasteiger partial charge on any atom is -0.456 e. The number of benzene rings is 8. The highest BCUT2D eigenvalue weighted by Gasteiger charge is 2.36. The lowest BCUT2D eigenvalue weighted by Gasteiger charge is -2.23. The van der Waals surface area contributed by atoms with Crippen molar-refractivity contribution >= 4 is 21.5 Å². The van der Waals surface area contributed by atoms with Crippen molar-refractivity contribution in [2.75, 3.05) is 0 Å². The summed E-state index contributed by atoms with van der Waals surface area (Å²) in [6.45, 7) is 4.44. The second-order valence-corrected chi connectivity index (χ2v) is 13.4. The lowest BCUT2D eigenvalue weighted by Crippen LogP contribution is -2.15. The van der Waals surface area contributed by atoms with Crippen molar-refractivity contribution in [3.63, 3.8) is 0 Å². The normalized spacial score (nSPS) is 14.7. The van der Waals surface area contributed by atoms with Crippen molar-refractivity contribution in [1.29, 1.82) is 0 Å². The molecular weight excluding hydrogens is 581 g/mol. The van der Waals surface area contributed by atoms with Gasteiger partial charge in [-0.05, 0) is 114 Å². The molecule has 0 atom stereocenters. The molecule has 48 heavy (non-hydrogen) atoms. The summed E-state index contributed by atoms with van der Waals surface area (Å²) in [5.41, 5.74) is 10.5. The van der Waals surface area contributed by atoms with Crippen LogP contribution in [0.4, 0.5) is 0 Å². The maximum absolute atomic E-state index is 9.32. The summed E-state index contributed by atoms with van der Waals surface area (Å²) in [5, 5.41) is 4.11. The Morgan fingerprint density at radius 1 is 0.438 bits per heavy atom. The molecule has 0 unspecified atom stereocenters. The van der Waals surface area contributed by atoms with Crippen LogP contribution in [0.5, 0.6) is 11.5 Å². The molecular formula is C47H32O. The molecule has 8 aromatic rings. The van der Waals surface area contributed by atoms with Gasteiger partial charge in [-0.3, -0.25) is 0 Å². The summed E-state index contributed by atoms with van der Waals surface area (Å²) in [5.74, 6) is 1.48. The van der Waals surface area contributed by atoms with Gasteiger partial charge >= 0.3 is 0 Å². The minimum absolute atomic E-state index is 0.0504. The van der Waals surface area contributed by atoms with Gasteiger partial charge in [-0.2, -0.15) is 0 Å². The topological polar surface area (TPSA) is 9.23 Å². The zero-order valence-electron chi connectivity index (χ0n) is 30.6. The van der Waals surface area contributed by atoms with Crippen molar-refractivity contribution in [3.8, 4) is 67.1 Å². The van der Waals surface area contributed by atoms with Gasteiger partial charge in [-0.15, -0.1) is 0 Å². The summed E-state index contributed by atoms with van der Waals surface area (Å²) in [6, 6.07) is 45.1. The van der Waals surface area contributed by atoms with Crippen LogP contribution in [0.25, 0.3) is 77.2 Å². The molecule has 1 heteroatoms. The van der Waals surface area contributed by atoms with E-state index in [-0.39, 0.29) is 35.1 Å². The van der Waals surface area contributed by atoms with Gasteiger partial charge in [0, 0.05) is 16.4 Å². The maximum Gasteiger partial charge on any atom is 0.135 e. The van der Waals surface area contributed by atoms with Gasteiger partial charge in [-0.1, -0.05) is 135 Å². The molecule has 1 aliphatic heterocycles. The first kappa shape index (κ1) is 23.4. The highest BCUT2D eigenvalue weighted by molar-refractivity contribution is 6.10. The van der Waals surface area contributed by atoms with Crippen LogP contribution >= 0.6 is 0 Å². The Morgan fingerprint density at radius 2 is 1.10 bits per heavy atom. The summed E-state index contributed by atoms with van der Waals surface area (Å²) in [7, 11) is 0.